The number of likely N-dealkylation sites (N-methyl/N-ethyl adjacent to an activating group) is 1. The molecule has 1 atom stereocenters. The van der Waals surface area contributed by atoms with Crippen LogP contribution in [0.15, 0.2) is 76.9 Å². The number of thiophene rings is 1. The lowest BCUT2D eigenvalue weighted by molar-refractivity contribution is 0.0939. The fraction of sp³-hybridized carbons (Fsp3) is 0.182. The lowest BCUT2D eigenvalue weighted by Crippen LogP contribution is -2.34. The highest BCUT2D eigenvalue weighted by Gasteiger charge is 2.22. The van der Waals surface area contributed by atoms with E-state index in [0.717, 1.165) is 16.3 Å². The van der Waals surface area contributed by atoms with Crippen LogP contribution in [0.2, 0.25) is 0 Å². The second-order valence-electron chi connectivity index (χ2n) is 6.85. The summed E-state index contributed by atoms with van der Waals surface area (Å²) in [7, 11) is 3.92. The summed E-state index contributed by atoms with van der Waals surface area (Å²) in [6.07, 6.45) is 3.43. The molecule has 4 rings (SSSR count). The summed E-state index contributed by atoms with van der Waals surface area (Å²) in [5.41, 5.74) is 2.14. The fourth-order valence-corrected chi connectivity index (χ4v) is 3.87. The third-order valence-corrected chi connectivity index (χ3v) is 5.56. The van der Waals surface area contributed by atoms with Crippen molar-refractivity contribution in [3.63, 3.8) is 0 Å². The highest BCUT2D eigenvalue weighted by atomic mass is 32.1. The summed E-state index contributed by atoms with van der Waals surface area (Å²) in [6.45, 7) is 0.430. The number of para-hydroxylation sites is 1. The Morgan fingerprint density at radius 2 is 2.00 bits per heavy atom. The molecule has 7 heteroatoms. The molecule has 0 saturated carbocycles. The Hall–Kier alpha value is -3.16. The Labute approximate surface area is 173 Å². The van der Waals surface area contributed by atoms with Gasteiger partial charge in [0.1, 0.15) is 11.5 Å². The molecule has 0 saturated heterocycles. The number of furan rings is 1. The predicted octanol–water partition coefficient (Wildman–Crippen LogP) is 4.23. The van der Waals surface area contributed by atoms with Crippen molar-refractivity contribution in [2.24, 2.45) is 0 Å². The van der Waals surface area contributed by atoms with Gasteiger partial charge in [-0.25, -0.2) is 4.68 Å². The van der Waals surface area contributed by atoms with Crippen LogP contribution in [0.4, 0.5) is 0 Å². The molecule has 4 aromatic rings. The summed E-state index contributed by atoms with van der Waals surface area (Å²) in [6, 6.07) is 17.4. The van der Waals surface area contributed by atoms with E-state index in [1.165, 1.54) is 0 Å². The smallest absolute Gasteiger partial charge is 0.255 e. The van der Waals surface area contributed by atoms with Crippen molar-refractivity contribution in [3.8, 4) is 16.3 Å². The SMILES string of the molecule is CN(C)C(CNC(=O)c1cn(-c2ccccc2)nc1-c1cccs1)c1ccco1. The largest absolute Gasteiger partial charge is 0.468 e. The fourth-order valence-electron chi connectivity index (χ4n) is 3.15. The highest BCUT2D eigenvalue weighted by molar-refractivity contribution is 7.13. The highest BCUT2D eigenvalue weighted by Crippen LogP contribution is 2.28. The van der Waals surface area contributed by atoms with Gasteiger partial charge in [0, 0.05) is 12.7 Å². The summed E-state index contributed by atoms with van der Waals surface area (Å²) in [5, 5.41) is 9.72. The van der Waals surface area contributed by atoms with Crippen LogP contribution in [0.25, 0.3) is 16.3 Å². The van der Waals surface area contributed by atoms with Crippen molar-refractivity contribution in [1.29, 1.82) is 0 Å². The Morgan fingerprint density at radius 3 is 2.66 bits per heavy atom. The first-order chi connectivity index (χ1) is 14.1. The Kier molecular flexibility index (Phi) is 5.59. The molecule has 1 unspecified atom stereocenters. The van der Waals surface area contributed by atoms with Gasteiger partial charge in [0.15, 0.2) is 0 Å². The number of aromatic nitrogens is 2. The number of carbonyl (C=O) groups is 1. The lowest BCUT2D eigenvalue weighted by atomic mass is 10.1. The van der Waals surface area contributed by atoms with Crippen LogP contribution in [0, 0.1) is 0 Å². The van der Waals surface area contributed by atoms with E-state index >= 15 is 0 Å². The van der Waals surface area contributed by atoms with Gasteiger partial charge in [-0.1, -0.05) is 24.3 Å². The van der Waals surface area contributed by atoms with Crippen molar-refractivity contribution in [1.82, 2.24) is 20.0 Å². The normalized spacial score (nSPS) is 12.2. The number of hydrogen-bond acceptors (Lipinski definition) is 5. The van der Waals surface area contributed by atoms with Gasteiger partial charge in [-0.3, -0.25) is 9.69 Å². The van der Waals surface area contributed by atoms with Gasteiger partial charge >= 0.3 is 0 Å². The van der Waals surface area contributed by atoms with E-state index in [2.05, 4.69) is 5.32 Å². The molecule has 1 N–H and O–H groups in total. The summed E-state index contributed by atoms with van der Waals surface area (Å²) < 4.78 is 7.28. The zero-order valence-corrected chi connectivity index (χ0v) is 17.1. The molecule has 0 aliphatic rings. The van der Waals surface area contributed by atoms with Crippen LogP contribution in [0.5, 0.6) is 0 Å². The van der Waals surface area contributed by atoms with E-state index in [9.17, 15) is 4.79 Å². The molecule has 6 nitrogen and oxygen atoms in total. The molecule has 1 aromatic carbocycles. The monoisotopic (exact) mass is 406 g/mol. The van der Waals surface area contributed by atoms with E-state index in [4.69, 9.17) is 9.52 Å². The van der Waals surface area contributed by atoms with Gasteiger partial charge in [-0.2, -0.15) is 5.10 Å². The Balaban J connectivity index is 1.61. The molecule has 0 spiro atoms. The van der Waals surface area contributed by atoms with Crippen LogP contribution in [-0.2, 0) is 0 Å². The average Bonchev–Trinajstić information content (AvgIpc) is 3.49. The molecular formula is C22H22N4O2S. The number of rotatable bonds is 7. The molecule has 0 aliphatic carbocycles. The van der Waals surface area contributed by atoms with Gasteiger partial charge in [-0.05, 0) is 49.8 Å². The average molecular weight is 407 g/mol. The lowest BCUT2D eigenvalue weighted by Gasteiger charge is -2.22. The van der Waals surface area contributed by atoms with E-state index < -0.39 is 0 Å². The van der Waals surface area contributed by atoms with Crippen LogP contribution >= 0.6 is 11.3 Å². The van der Waals surface area contributed by atoms with Crippen LogP contribution in [0.1, 0.15) is 22.2 Å². The zero-order chi connectivity index (χ0) is 20.2. The third-order valence-electron chi connectivity index (χ3n) is 4.69. The molecule has 0 fully saturated rings. The second kappa shape index (κ2) is 8.46. The zero-order valence-electron chi connectivity index (χ0n) is 16.3. The van der Waals surface area contributed by atoms with Crippen molar-refractivity contribution in [2.45, 2.75) is 6.04 Å². The van der Waals surface area contributed by atoms with Gasteiger partial charge in [-0.15, -0.1) is 11.3 Å². The van der Waals surface area contributed by atoms with E-state index in [1.54, 1.807) is 28.5 Å². The molecule has 29 heavy (non-hydrogen) atoms. The van der Waals surface area contributed by atoms with E-state index in [1.807, 2.05) is 79.0 Å². The van der Waals surface area contributed by atoms with Gasteiger partial charge in [0.05, 0.1) is 28.4 Å². The minimum absolute atomic E-state index is 0.0525. The molecule has 0 aliphatic heterocycles. The van der Waals surface area contributed by atoms with Crippen molar-refractivity contribution >= 4 is 17.2 Å². The minimum Gasteiger partial charge on any atom is -0.468 e. The van der Waals surface area contributed by atoms with E-state index in [-0.39, 0.29) is 11.9 Å². The van der Waals surface area contributed by atoms with Gasteiger partial charge < -0.3 is 9.73 Å². The van der Waals surface area contributed by atoms with E-state index in [0.29, 0.717) is 17.8 Å². The first-order valence-corrected chi connectivity index (χ1v) is 10.2. The minimum atomic E-state index is -0.158. The van der Waals surface area contributed by atoms with Crippen molar-refractivity contribution in [2.75, 3.05) is 20.6 Å². The summed E-state index contributed by atoms with van der Waals surface area (Å²) in [5.74, 6) is 0.655. The summed E-state index contributed by atoms with van der Waals surface area (Å²) in [4.78, 5) is 16.1. The van der Waals surface area contributed by atoms with Crippen LogP contribution in [-0.4, -0.2) is 41.2 Å². The van der Waals surface area contributed by atoms with Crippen LogP contribution < -0.4 is 5.32 Å². The molecule has 3 aromatic heterocycles. The first-order valence-electron chi connectivity index (χ1n) is 9.30. The topological polar surface area (TPSA) is 63.3 Å². The molecule has 0 bridgehead atoms. The maximum Gasteiger partial charge on any atom is 0.255 e. The van der Waals surface area contributed by atoms with Crippen molar-refractivity contribution < 1.29 is 9.21 Å². The molecule has 3 heterocycles. The number of hydrogen-bond donors (Lipinski definition) is 1. The first kappa shape index (κ1) is 19.2. The molecular weight excluding hydrogens is 384 g/mol. The number of nitrogens with zero attached hydrogens (tertiary/aromatic N) is 3. The Morgan fingerprint density at radius 1 is 1.17 bits per heavy atom. The van der Waals surface area contributed by atoms with Gasteiger partial charge in [0.25, 0.3) is 5.91 Å². The maximum absolute atomic E-state index is 13.1. The quantitative estimate of drug-likeness (QED) is 0.499. The number of benzene rings is 1. The van der Waals surface area contributed by atoms with Gasteiger partial charge in [0.2, 0.25) is 0 Å². The number of nitrogens with one attached hydrogen (secondary N) is 1. The maximum atomic E-state index is 13.1. The number of amides is 1. The second-order valence-corrected chi connectivity index (χ2v) is 7.80. The summed E-state index contributed by atoms with van der Waals surface area (Å²) >= 11 is 1.56. The third kappa shape index (κ3) is 4.16. The molecule has 0 radical (unpaired) electrons. The molecule has 148 valence electrons. The van der Waals surface area contributed by atoms with Crippen molar-refractivity contribution in [3.05, 3.63) is 83.8 Å². The standard InChI is InChI=1S/C22H22N4O2S/c1-25(2)18(19-10-6-12-28-19)14-23-22(27)17-15-26(16-8-4-3-5-9-16)24-21(17)20-11-7-13-29-20/h3-13,15,18H,14H2,1-2H3,(H,23,27). The number of carbonyl (C=O) groups excluding carboxylic acids is 1. The Bertz CT molecular complexity index is 1050. The molecule has 1 amide bonds. The van der Waals surface area contributed by atoms with Crippen LogP contribution in [0.3, 0.4) is 0 Å². The predicted molar refractivity (Wildman–Crippen MR) is 114 cm³/mol.